The van der Waals surface area contributed by atoms with Crippen LogP contribution in [0.3, 0.4) is 0 Å². The van der Waals surface area contributed by atoms with Gasteiger partial charge in [-0.25, -0.2) is 4.98 Å². The minimum atomic E-state index is -0.461. The van der Waals surface area contributed by atoms with Gasteiger partial charge in [-0.2, -0.15) is 5.10 Å². The van der Waals surface area contributed by atoms with Gasteiger partial charge in [0.15, 0.2) is 0 Å². The molecule has 8 nitrogen and oxygen atoms in total. The molecule has 30 heavy (non-hydrogen) atoms. The second kappa shape index (κ2) is 7.75. The van der Waals surface area contributed by atoms with Gasteiger partial charge in [-0.1, -0.05) is 18.2 Å². The van der Waals surface area contributed by atoms with Gasteiger partial charge < -0.3 is 5.32 Å². The Bertz CT molecular complexity index is 1280. The molecule has 0 unspecified atom stereocenters. The third kappa shape index (κ3) is 3.62. The lowest BCUT2D eigenvalue weighted by atomic mass is 10.0. The number of benzene rings is 2. The number of carbonyl (C=O) groups excluding carboxylic acids is 1. The highest BCUT2D eigenvalue weighted by atomic mass is 16.6. The van der Waals surface area contributed by atoms with E-state index in [1.54, 1.807) is 29.9 Å². The summed E-state index contributed by atoms with van der Waals surface area (Å²) < 4.78 is 1.80. The second-order valence-corrected chi connectivity index (χ2v) is 6.87. The molecule has 0 aliphatic heterocycles. The van der Waals surface area contributed by atoms with E-state index in [4.69, 9.17) is 0 Å². The number of aromatic nitrogens is 3. The van der Waals surface area contributed by atoms with E-state index in [9.17, 15) is 14.9 Å². The van der Waals surface area contributed by atoms with Gasteiger partial charge in [-0.05, 0) is 37.6 Å². The fraction of sp³-hybridized carbons (Fsp3) is 0.136. The molecule has 0 aliphatic rings. The van der Waals surface area contributed by atoms with Crippen molar-refractivity contribution in [3.63, 3.8) is 0 Å². The SMILES string of the molecule is CCn1cc(-c2cc(C(=O)Nc3ccc([N+](=O)[O-])cc3C)c3ccccc3n2)cn1. The number of amides is 1. The highest BCUT2D eigenvalue weighted by Crippen LogP contribution is 2.27. The van der Waals surface area contributed by atoms with Crippen molar-refractivity contribution in [3.8, 4) is 11.3 Å². The Labute approximate surface area is 172 Å². The van der Waals surface area contributed by atoms with Crippen LogP contribution >= 0.6 is 0 Å². The predicted molar refractivity (Wildman–Crippen MR) is 114 cm³/mol. The Morgan fingerprint density at radius 1 is 1.20 bits per heavy atom. The molecule has 0 radical (unpaired) electrons. The summed E-state index contributed by atoms with van der Waals surface area (Å²) in [6.07, 6.45) is 3.61. The molecule has 2 aromatic carbocycles. The molecule has 8 heteroatoms. The first-order chi connectivity index (χ1) is 14.5. The summed E-state index contributed by atoms with van der Waals surface area (Å²) in [5.41, 5.74) is 3.76. The zero-order chi connectivity index (χ0) is 21.3. The van der Waals surface area contributed by atoms with Crippen LogP contribution in [0, 0.1) is 17.0 Å². The van der Waals surface area contributed by atoms with Crippen LogP contribution in [0.25, 0.3) is 22.2 Å². The molecule has 1 N–H and O–H groups in total. The topological polar surface area (TPSA) is 103 Å². The van der Waals surface area contributed by atoms with E-state index in [1.165, 1.54) is 12.1 Å². The summed E-state index contributed by atoms with van der Waals surface area (Å²) in [7, 11) is 0. The molecule has 150 valence electrons. The summed E-state index contributed by atoms with van der Waals surface area (Å²) in [5.74, 6) is -0.310. The predicted octanol–water partition coefficient (Wildman–Crippen LogP) is 4.59. The van der Waals surface area contributed by atoms with E-state index in [0.29, 0.717) is 28.0 Å². The normalized spacial score (nSPS) is 10.9. The summed E-state index contributed by atoms with van der Waals surface area (Å²) >= 11 is 0. The first-order valence-corrected chi connectivity index (χ1v) is 9.45. The molecular formula is C22H19N5O3. The largest absolute Gasteiger partial charge is 0.322 e. The van der Waals surface area contributed by atoms with E-state index in [0.717, 1.165) is 17.5 Å². The number of fused-ring (bicyclic) bond motifs is 1. The van der Waals surface area contributed by atoms with Gasteiger partial charge in [0.2, 0.25) is 0 Å². The number of rotatable bonds is 5. The van der Waals surface area contributed by atoms with Gasteiger partial charge in [0.05, 0.1) is 27.9 Å². The molecule has 1 amide bonds. The molecule has 4 aromatic rings. The van der Waals surface area contributed by atoms with Crippen LogP contribution in [0.2, 0.25) is 0 Å². The highest BCUT2D eigenvalue weighted by Gasteiger charge is 2.16. The summed E-state index contributed by atoms with van der Waals surface area (Å²) in [4.78, 5) is 28.3. The zero-order valence-electron chi connectivity index (χ0n) is 16.5. The van der Waals surface area contributed by atoms with Gasteiger partial charge in [0, 0.05) is 41.5 Å². The number of hydrogen-bond donors (Lipinski definition) is 1. The lowest BCUT2D eigenvalue weighted by molar-refractivity contribution is -0.384. The Morgan fingerprint density at radius 3 is 2.70 bits per heavy atom. The molecular weight excluding hydrogens is 382 g/mol. The van der Waals surface area contributed by atoms with Crippen molar-refractivity contribution in [2.24, 2.45) is 0 Å². The molecule has 0 atom stereocenters. The van der Waals surface area contributed by atoms with Crippen molar-refractivity contribution in [1.82, 2.24) is 14.8 Å². The number of nitro benzene ring substituents is 1. The van der Waals surface area contributed by atoms with Crippen molar-refractivity contribution < 1.29 is 9.72 Å². The van der Waals surface area contributed by atoms with Gasteiger partial charge in [-0.15, -0.1) is 0 Å². The smallest absolute Gasteiger partial charge is 0.269 e. The third-order valence-electron chi connectivity index (χ3n) is 4.88. The Kier molecular flexibility index (Phi) is 4.97. The third-order valence-corrected chi connectivity index (χ3v) is 4.88. The average molecular weight is 401 g/mol. The van der Waals surface area contributed by atoms with Crippen molar-refractivity contribution in [3.05, 3.63) is 82.2 Å². The molecule has 0 saturated heterocycles. The number of pyridine rings is 1. The number of hydrogen-bond acceptors (Lipinski definition) is 5. The number of nitro groups is 1. The van der Waals surface area contributed by atoms with Crippen LogP contribution < -0.4 is 5.32 Å². The highest BCUT2D eigenvalue weighted by molar-refractivity contribution is 6.13. The first kappa shape index (κ1) is 19.3. The van der Waals surface area contributed by atoms with E-state index >= 15 is 0 Å². The van der Waals surface area contributed by atoms with Crippen LogP contribution in [0.4, 0.5) is 11.4 Å². The van der Waals surface area contributed by atoms with E-state index in [-0.39, 0.29) is 11.6 Å². The van der Waals surface area contributed by atoms with Crippen LogP contribution in [0.15, 0.2) is 60.9 Å². The number of nitrogens with one attached hydrogen (secondary N) is 1. The summed E-state index contributed by atoms with van der Waals surface area (Å²) in [6.45, 7) is 4.45. The lowest BCUT2D eigenvalue weighted by Crippen LogP contribution is -2.14. The monoisotopic (exact) mass is 401 g/mol. The standard InChI is InChI=1S/C22H19N5O3/c1-3-26-13-15(12-23-26)21-11-18(17-6-4-5-7-20(17)24-21)22(28)25-19-9-8-16(27(29)30)10-14(19)2/h4-13H,3H2,1-2H3,(H,25,28). The molecule has 0 fully saturated rings. The van der Waals surface area contributed by atoms with Gasteiger partial charge in [-0.3, -0.25) is 19.6 Å². The first-order valence-electron chi connectivity index (χ1n) is 9.45. The second-order valence-electron chi connectivity index (χ2n) is 6.87. The van der Waals surface area contributed by atoms with Gasteiger partial charge in [0.25, 0.3) is 11.6 Å². The van der Waals surface area contributed by atoms with Crippen LogP contribution in [-0.4, -0.2) is 25.6 Å². The van der Waals surface area contributed by atoms with Crippen LogP contribution in [-0.2, 0) is 6.54 Å². The van der Waals surface area contributed by atoms with Crippen LogP contribution in [0.5, 0.6) is 0 Å². The number of carbonyl (C=O) groups is 1. The zero-order valence-corrected chi connectivity index (χ0v) is 16.5. The maximum absolute atomic E-state index is 13.2. The number of para-hydroxylation sites is 1. The van der Waals surface area contributed by atoms with Crippen LogP contribution in [0.1, 0.15) is 22.8 Å². The number of aryl methyl sites for hydroxylation is 2. The number of non-ortho nitro benzene ring substituents is 1. The Morgan fingerprint density at radius 2 is 2.00 bits per heavy atom. The fourth-order valence-electron chi connectivity index (χ4n) is 3.27. The molecule has 4 rings (SSSR count). The molecule has 2 heterocycles. The molecule has 0 bridgehead atoms. The maximum atomic E-state index is 13.2. The molecule has 0 spiro atoms. The Balaban J connectivity index is 1.75. The van der Waals surface area contributed by atoms with Gasteiger partial charge in [0.1, 0.15) is 0 Å². The van der Waals surface area contributed by atoms with E-state index in [1.807, 2.05) is 37.4 Å². The quantitative estimate of drug-likeness (QED) is 0.389. The minimum absolute atomic E-state index is 0.0184. The van der Waals surface area contributed by atoms with Crippen molar-refractivity contribution in [1.29, 1.82) is 0 Å². The van der Waals surface area contributed by atoms with Gasteiger partial charge >= 0.3 is 0 Å². The number of nitrogens with zero attached hydrogens (tertiary/aromatic N) is 4. The molecule has 2 aromatic heterocycles. The average Bonchev–Trinajstić information content (AvgIpc) is 3.23. The van der Waals surface area contributed by atoms with Crippen molar-refractivity contribution in [2.75, 3.05) is 5.32 Å². The number of anilines is 1. The van der Waals surface area contributed by atoms with Crippen molar-refractivity contribution >= 4 is 28.2 Å². The lowest BCUT2D eigenvalue weighted by Gasteiger charge is -2.11. The van der Waals surface area contributed by atoms with Crippen molar-refractivity contribution in [2.45, 2.75) is 20.4 Å². The maximum Gasteiger partial charge on any atom is 0.269 e. The minimum Gasteiger partial charge on any atom is -0.322 e. The van der Waals surface area contributed by atoms with E-state index in [2.05, 4.69) is 15.4 Å². The summed E-state index contributed by atoms with van der Waals surface area (Å²) in [6, 6.07) is 13.5. The molecule has 0 saturated carbocycles. The summed E-state index contributed by atoms with van der Waals surface area (Å²) in [5, 5.41) is 18.8. The Hall–Kier alpha value is -4.07. The van der Waals surface area contributed by atoms with E-state index < -0.39 is 4.92 Å². The molecule has 0 aliphatic carbocycles. The fourth-order valence-corrected chi connectivity index (χ4v) is 3.27.